The third-order valence-corrected chi connectivity index (χ3v) is 4.63. The van der Waals surface area contributed by atoms with E-state index in [1.54, 1.807) is 6.92 Å². The summed E-state index contributed by atoms with van der Waals surface area (Å²) in [6.07, 6.45) is 0. The Labute approximate surface area is 127 Å². The Morgan fingerprint density at radius 1 is 1.23 bits per heavy atom. The van der Waals surface area contributed by atoms with Gasteiger partial charge in [0.25, 0.3) is 0 Å². The maximum atomic E-state index is 12.3. The summed E-state index contributed by atoms with van der Waals surface area (Å²) < 4.78 is 36.5. The molecule has 2 aromatic heterocycles. The van der Waals surface area contributed by atoms with Crippen molar-refractivity contribution in [3.63, 3.8) is 0 Å². The number of nitrogens with zero attached hydrogens (tertiary/aromatic N) is 2. The number of rotatable bonds is 5. The number of aryl methyl sites for hydroxylation is 3. The standard InChI is InChI=1S/C12H16N4O5S/c1-6-5-10(15-20-6)13-12(17)8(3)16-22(18,19)11-7(2)14-21-9(11)4/h5,8,16H,1-4H3,(H,13,15,17)/t8-/m0/s1. The van der Waals surface area contributed by atoms with Crippen LogP contribution in [0.25, 0.3) is 0 Å². The first kappa shape index (κ1) is 16.2. The highest BCUT2D eigenvalue weighted by Crippen LogP contribution is 2.19. The first-order valence-corrected chi connectivity index (χ1v) is 7.88. The minimum atomic E-state index is -3.92. The smallest absolute Gasteiger partial charge is 0.246 e. The largest absolute Gasteiger partial charge is 0.360 e. The van der Waals surface area contributed by atoms with Crippen LogP contribution in [0.4, 0.5) is 5.82 Å². The van der Waals surface area contributed by atoms with Crippen LogP contribution < -0.4 is 10.0 Å². The molecule has 1 amide bonds. The van der Waals surface area contributed by atoms with Gasteiger partial charge in [-0.3, -0.25) is 4.79 Å². The molecule has 2 aromatic rings. The van der Waals surface area contributed by atoms with Gasteiger partial charge in [-0.25, -0.2) is 8.42 Å². The molecule has 0 aliphatic heterocycles. The van der Waals surface area contributed by atoms with E-state index in [1.165, 1.54) is 26.8 Å². The van der Waals surface area contributed by atoms with E-state index in [-0.39, 0.29) is 22.2 Å². The first-order valence-electron chi connectivity index (χ1n) is 6.40. The van der Waals surface area contributed by atoms with Crippen molar-refractivity contribution in [3.8, 4) is 0 Å². The highest BCUT2D eigenvalue weighted by molar-refractivity contribution is 7.89. The Balaban J connectivity index is 2.10. The molecule has 120 valence electrons. The van der Waals surface area contributed by atoms with E-state index in [2.05, 4.69) is 20.4 Å². The predicted molar refractivity (Wildman–Crippen MR) is 75.6 cm³/mol. The number of aromatic nitrogens is 2. The summed E-state index contributed by atoms with van der Waals surface area (Å²) in [6, 6.07) is 0.503. The van der Waals surface area contributed by atoms with Crippen LogP contribution in [0.2, 0.25) is 0 Å². The molecule has 0 bridgehead atoms. The van der Waals surface area contributed by atoms with Crippen LogP contribution in [0.1, 0.15) is 24.1 Å². The van der Waals surface area contributed by atoms with Gasteiger partial charge < -0.3 is 14.4 Å². The van der Waals surface area contributed by atoms with Crippen LogP contribution in [0.15, 0.2) is 20.0 Å². The zero-order chi connectivity index (χ0) is 16.5. The highest BCUT2D eigenvalue weighted by Gasteiger charge is 2.28. The molecule has 0 radical (unpaired) electrons. The van der Waals surface area contributed by atoms with Crippen LogP contribution in [-0.2, 0) is 14.8 Å². The van der Waals surface area contributed by atoms with Gasteiger partial charge in [-0.15, -0.1) is 0 Å². The molecule has 10 heteroatoms. The predicted octanol–water partition coefficient (Wildman–Crippen LogP) is 0.893. The van der Waals surface area contributed by atoms with E-state index < -0.39 is 22.0 Å². The van der Waals surface area contributed by atoms with E-state index in [1.807, 2.05) is 0 Å². The van der Waals surface area contributed by atoms with Gasteiger partial charge in [0, 0.05) is 6.07 Å². The lowest BCUT2D eigenvalue weighted by atomic mass is 10.3. The molecule has 2 N–H and O–H groups in total. The molecular weight excluding hydrogens is 312 g/mol. The van der Waals surface area contributed by atoms with Gasteiger partial charge in [0.05, 0.1) is 6.04 Å². The molecule has 0 spiro atoms. The second-order valence-corrected chi connectivity index (χ2v) is 6.46. The lowest BCUT2D eigenvalue weighted by molar-refractivity contribution is -0.117. The SMILES string of the molecule is Cc1cc(NC(=O)[C@H](C)NS(=O)(=O)c2c(C)noc2C)no1. The van der Waals surface area contributed by atoms with E-state index in [0.717, 1.165) is 0 Å². The molecule has 0 aliphatic carbocycles. The van der Waals surface area contributed by atoms with Gasteiger partial charge in [-0.2, -0.15) is 4.72 Å². The summed E-state index contributed by atoms with van der Waals surface area (Å²) in [5.41, 5.74) is 0.227. The number of nitrogens with one attached hydrogen (secondary N) is 2. The Morgan fingerprint density at radius 2 is 1.91 bits per heavy atom. The molecule has 0 aromatic carbocycles. The molecule has 0 aliphatic rings. The number of sulfonamides is 1. The molecule has 0 saturated heterocycles. The number of hydrogen-bond donors (Lipinski definition) is 2. The first-order chi connectivity index (χ1) is 10.2. The van der Waals surface area contributed by atoms with Gasteiger partial charge in [-0.1, -0.05) is 10.3 Å². The van der Waals surface area contributed by atoms with Crippen molar-refractivity contribution in [1.29, 1.82) is 0 Å². The van der Waals surface area contributed by atoms with Crippen LogP contribution in [0, 0.1) is 20.8 Å². The van der Waals surface area contributed by atoms with Gasteiger partial charge in [0.1, 0.15) is 16.3 Å². The Hall–Kier alpha value is -2.20. The van der Waals surface area contributed by atoms with Crippen molar-refractivity contribution >= 4 is 21.7 Å². The summed E-state index contributed by atoms with van der Waals surface area (Å²) in [7, 11) is -3.92. The van der Waals surface area contributed by atoms with Crippen molar-refractivity contribution in [3.05, 3.63) is 23.3 Å². The Bertz CT molecular complexity index is 773. The number of anilines is 1. The molecule has 0 fully saturated rings. The average Bonchev–Trinajstić information content (AvgIpc) is 2.95. The normalized spacial score (nSPS) is 13.1. The molecule has 2 rings (SSSR count). The van der Waals surface area contributed by atoms with Gasteiger partial charge >= 0.3 is 0 Å². The van der Waals surface area contributed by atoms with Crippen molar-refractivity contribution in [2.24, 2.45) is 0 Å². The topological polar surface area (TPSA) is 127 Å². The Morgan fingerprint density at radius 3 is 2.41 bits per heavy atom. The van der Waals surface area contributed by atoms with Crippen molar-refractivity contribution in [2.45, 2.75) is 38.6 Å². The van der Waals surface area contributed by atoms with E-state index in [0.29, 0.717) is 5.76 Å². The maximum absolute atomic E-state index is 12.3. The van der Waals surface area contributed by atoms with Crippen molar-refractivity contribution in [2.75, 3.05) is 5.32 Å². The summed E-state index contributed by atoms with van der Waals surface area (Å²) in [4.78, 5) is 11.9. The number of carbonyl (C=O) groups is 1. The summed E-state index contributed by atoms with van der Waals surface area (Å²) >= 11 is 0. The Kier molecular flexibility index (Phi) is 4.33. The van der Waals surface area contributed by atoms with Crippen LogP contribution in [0.3, 0.4) is 0 Å². The van der Waals surface area contributed by atoms with Crippen molar-refractivity contribution < 1.29 is 22.3 Å². The second kappa shape index (κ2) is 5.89. The van der Waals surface area contributed by atoms with Gasteiger partial charge in [0.2, 0.25) is 15.9 Å². The molecule has 22 heavy (non-hydrogen) atoms. The third kappa shape index (κ3) is 3.34. The molecule has 2 heterocycles. The van der Waals surface area contributed by atoms with E-state index in [4.69, 9.17) is 9.05 Å². The molecule has 9 nitrogen and oxygen atoms in total. The average molecular weight is 328 g/mol. The van der Waals surface area contributed by atoms with Crippen molar-refractivity contribution in [1.82, 2.24) is 15.0 Å². The summed E-state index contributed by atoms with van der Waals surface area (Å²) in [6.45, 7) is 6.08. The number of carbonyl (C=O) groups excluding carboxylic acids is 1. The van der Waals surface area contributed by atoms with Crippen LogP contribution >= 0.6 is 0 Å². The molecule has 0 unspecified atom stereocenters. The van der Waals surface area contributed by atoms with Crippen LogP contribution in [0.5, 0.6) is 0 Å². The van der Waals surface area contributed by atoms with Gasteiger partial charge in [-0.05, 0) is 27.7 Å². The monoisotopic (exact) mass is 328 g/mol. The lowest BCUT2D eigenvalue weighted by Crippen LogP contribution is -2.41. The zero-order valence-corrected chi connectivity index (χ0v) is 13.3. The molecule has 0 saturated carbocycles. The molecule has 1 atom stereocenters. The van der Waals surface area contributed by atoms with E-state index in [9.17, 15) is 13.2 Å². The number of amides is 1. The summed E-state index contributed by atoms with van der Waals surface area (Å²) in [5, 5.41) is 9.64. The van der Waals surface area contributed by atoms with Gasteiger partial charge in [0.15, 0.2) is 11.6 Å². The number of hydrogen-bond acceptors (Lipinski definition) is 7. The summed E-state index contributed by atoms with van der Waals surface area (Å²) in [5.74, 6) is 0.332. The fraction of sp³-hybridized carbons (Fsp3) is 0.417. The highest BCUT2D eigenvalue weighted by atomic mass is 32.2. The zero-order valence-electron chi connectivity index (χ0n) is 12.5. The quantitative estimate of drug-likeness (QED) is 0.834. The lowest BCUT2D eigenvalue weighted by Gasteiger charge is -2.13. The minimum absolute atomic E-state index is 0.0653. The second-order valence-electron chi connectivity index (χ2n) is 4.81. The minimum Gasteiger partial charge on any atom is -0.360 e. The fourth-order valence-corrected chi connectivity index (χ4v) is 3.40. The third-order valence-electron chi connectivity index (χ3n) is 2.84. The van der Waals surface area contributed by atoms with Crippen LogP contribution in [-0.4, -0.2) is 30.7 Å². The van der Waals surface area contributed by atoms with E-state index >= 15 is 0 Å². The maximum Gasteiger partial charge on any atom is 0.246 e. The fourth-order valence-electron chi connectivity index (χ4n) is 1.86. The molecular formula is C12H16N4O5S.